The van der Waals surface area contributed by atoms with Crippen molar-refractivity contribution < 1.29 is 14.6 Å². The molecule has 0 saturated carbocycles. The largest absolute Gasteiger partial charge is 0.494 e. The van der Waals surface area contributed by atoms with Crippen LogP contribution in [0.15, 0.2) is 24.3 Å². The lowest BCUT2D eigenvalue weighted by Gasteiger charge is -2.35. The summed E-state index contributed by atoms with van der Waals surface area (Å²) in [6.07, 6.45) is 0.572. The van der Waals surface area contributed by atoms with Gasteiger partial charge in [0.15, 0.2) is 0 Å². The highest BCUT2D eigenvalue weighted by atomic mass is 16.5. The molecule has 3 heteroatoms. The summed E-state index contributed by atoms with van der Waals surface area (Å²) in [5.74, 6) is 0.786. The monoisotopic (exact) mass is 264 g/mol. The standard InChI is InChI=1S/C16H24O3/c1-6-18-13-9-7-8-12(10-13)16(17)11-14(2,3)19-15(16,4)5/h7-10,17H,6,11H2,1-5H3. The summed E-state index contributed by atoms with van der Waals surface area (Å²) in [5, 5.41) is 11.1. The molecule has 0 amide bonds. The third kappa shape index (κ3) is 2.49. The Morgan fingerprint density at radius 1 is 1.26 bits per heavy atom. The molecule has 0 radical (unpaired) electrons. The van der Waals surface area contributed by atoms with Crippen LogP contribution >= 0.6 is 0 Å². The second kappa shape index (κ2) is 4.50. The molecule has 1 unspecified atom stereocenters. The molecule has 0 bridgehead atoms. The molecule has 1 aliphatic rings. The predicted molar refractivity (Wildman–Crippen MR) is 75.4 cm³/mol. The number of aliphatic hydroxyl groups is 1. The Bertz CT molecular complexity index is 465. The zero-order valence-corrected chi connectivity index (χ0v) is 12.5. The van der Waals surface area contributed by atoms with E-state index in [1.807, 2.05) is 58.9 Å². The highest BCUT2D eigenvalue weighted by Gasteiger charge is 2.57. The lowest BCUT2D eigenvalue weighted by atomic mass is 9.77. The van der Waals surface area contributed by atoms with Gasteiger partial charge >= 0.3 is 0 Å². The Balaban J connectivity index is 2.42. The molecule has 1 N–H and O–H groups in total. The number of hydrogen-bond donors (Lipinski definition) is 1. The Kier molecular flexibility index (Phi) is 3.40. The Hall–Kier alpha value is -1.06. The maximum atomic E-state index is 11.1. The molecule has 0 aliphatic carbocycles. The second-order valence-electron chi connectivity index (χ2n) is 6.37. The van der Waals surface area contributed by atoms with Gasteiger partial charge in [-0.3, -0.25) is 0 Å². The van der Waals surface area contributed by atoms with Crippen molar-refractivity contribution in [2.45, 2.75) is 57.8 Å². The average Bonchev–Trinajstić information content (AvgIpc) is 2.44. The SMILES string of the molecule is CCOc1cccc(C2(O)CC(C)(C)OC2(C)C)c1. The van der Waals surface area contributed by atoms with E-state index < -0.39 is 11.2 Å². The van der Waals surface area contributed by atoms with Crippen molar-refractivity contribution in [2.75, 3.05) is 6.61 Å². The van der Waals surface area contributed by atoms with E-state index in [2.05, 4.69) is 0 Å². The minimum absolute atomic E-state index is 0.333. The van der Waals surface area contributed by atoms with Gasteiger partial charge in [-0.25, -0.2) is 0 Å². The van der Waals surface area contributed by atoms with Gasteiger partial charge in [-0.2, -0.15) is 0 Å². The topological polar surface area (TPSA) is 38.7 Å². The van der Waals surface area contributed by atoms with Crippen molar-refractivity contribution in [3.8, 4) is 5.75 Å². The van der Waals surface area contributed by atoms with E-state index in [-0.39, 0.29) is 5.60 Å². The molecule has 106 valence electrons. The van der Waals surface area contributed by atoms with Crippen LogP contribution in [0.3, 0.4) is 0 Å². The van der Waals surface area contributed by atoms with Crippen LogP contribution in [0.5, 0.6) is 5.75 Å². The van der Waals surface area contributed by atoms with Crippen molar-refractivity contribution in [1.29, 1.82) is 0 Å². The van der Waals surface area contributed by atoms with Crippen molar-refractivity contribution in [3.63, 3.8) is 0 Å². The fraction of sp³-hybridized carbons (Fsp3) is 0.625. The third-order valence-electron chi connectivity index (χ3n) is 3.83. The quantitative estimate of drug-likeness (QED) is 0.910. The van der Waals surface area contributed by atoms with E-state index in [1.165, 1.54) is 0 Å². The molecule has 3 nitrogen and oxygen atoms in total. The summed E-state index contributed by atoms with van der Waals surface area (Å²) in [4.78, 5) is 0. The van der Waals surface area contributed by atoms with Gasteiger partial charge < -0.3 is 14.6 Å². The molecule has 0 aromatic heterocycles. The van der Waals surface area contributed by atoms with Crippen LogP contribution in [-0.4, -0.2) is 22.9 Å². The normalized spacial score (nSPS) is 28.3. The van der Waals surface area contributed by atoms with Gasteiger partial charge in [0.25, 0.3) is 0 Å². The lowest BCUT2D eigenvalue weighted by Crippen LogP contribution is -2.43. The predicted octanol–water partition coefficient (Wildman–Crippen LogP) is 3.25. The first-order valence-electron chi connectivity index (χ1n) is 6.86. The van der Waals surface area contributed by atoms with E-state index in [4.69, 9.17) is 9.47 Å². The first-order chi connectivity index (χ1) is 8.70. The summed E-state index contributed by atoms with van der Waals surface area (Å²) in [7, 11) is 0. The number of rotatable bonds is 3. The summed E-state index contributed by atoms with van der Waals surface area (Å²) in [6.45, 7) is 10.5. The van der Waals surface area contributed by atoms with Crippen LogP contribution in [0, 0.1) is 0 Å². The van der Waals surface area contributed by atoms with E-state index in [0.29, 0.717) is 13.0 Å². The number of hydrogen-bond acceptors (Lipinski definition) is 3. The Morgan fingerprint density at radius 3 is 2.47 bits per heavy atom. The average molecular weight is 264 g/mol. The van der Waals surface area contributed by atoms with Crippen molar-refractivity contribution in [3.05, 3.63) is 29.8 Å². The lowest BCUT2D eigenvalue weighted by molar-refractivity contribution is -0.129. The smallest absolute Gasteiger partial charge is 0.121 e. The van der Waals surface area contributed by atoms with Gasteiger partial charge in [0, 0.05) is 6.42 Å². The zero-order valence-electron chi connectivity index (χ0n) is 12.5. The summed E-state index contributed by atoms with van der Waals surface area (Å²) in [5.41, 5.74) is -1.10. The van der Waals surface area contributed by atoms with Gasteiger partial charge in [0.1, 0.15) is 11.4 Å². The Labute approximate surface area is 115 Å². The zero-order chi connectivity index (χ0) is 14.3. The molecule has 1 aromatic carbocycles. The molecule has 1 aromatic rings. The maximum Gasteiger partial charge on any atom is 0.121 e. The minimum Gasteiger partial charge on any atom is -0.494 e. The van der Waals surface area contributed by atoms with E-state index in [9.17, 15) is 5.11 Å². The highest BCUT2D eigenvalue weighted by molar-refractivity contribution is 5.35. The van der Waals surface area contributed by atoms with Crippen LogP contribution in [0.25, 0.3) is 0 Å². The fourth-order valence-electron chi connectivity index (χ4n) is 3.10. The molecule has 2 rings (SSSR count). The van der Waals surface area contributed by atoms with Crippen molar-refractivity contribution in [1.82, 2.24) is 0 Å². The Morgan fingerprint density at radius 2 is 1.95 bits per heavy atom. The highest BCUT2D eigenvalue weighted by Crippen LogP contribution is 2.51. The van der Waals surface area contributed by atoms with Gasteiger partial charge in [0.05, 0.1) is 17.8 Å². The van der Waals surface area contributed by atoms with Gasteiger partial charge in [-0.15, -0.1) is 0 Å². The van der Waals surface area contributed by atoms with Crippen LogP contribution < -0.4 is 4.74 Å². The van der Waals surface area contributed by atoms with E-state index in [1.54, 1.807) is 0 Å². The van der Waals surface area contributed by atoms with Gasteiger partial charge in [0.2, 0.25) is 0 Å². The van der Waals surface area contributed by atoms with E-state index >= 15 is 0 Å². The van der Waals surface area contributed by atoms with Crippen molar-refractivity contribution >= 4 is 0 Å². The molecule has 1 fully saturated rings. The van der Waals surface area contributed by atoms with Crippen LogP contribution in [0.2, 0.25) is 0 Å². The molecule has 19 heavy (non-hydrogen) atoms. The summed E-state index contributed by atoms with van der Waals surface area (Å²) < 4.78 is 11.5. The summed E-state index contributed by atoms with van der Waals surface area (Å²) in [6, 6.07) is 7.68. The van der Waals surface area contributed by atoms with Crippen LogP contribution in [0.1, 0.15) is 46.6 Å². The number of benzene rings is 1. The molecule has 1 atom stereocenters. The molecule has 1 aliphatic heterocycles. The molecule has 1 heterocycles. The molecule has 0 spiro atoms. The first-order valence-corrected chi connectivity index (χ1v) is 6.86. The molecular formula is C16H24O3. The molecule has 1 saturated heterocycles. The van der Waals surface area contributed by atoms with Gasteiger partial charge in [-0.1, -0.05) is 12.1 Å². The first kappa shape index (κ1) is 14.4. The number of ether oxygens (including phenoxy) is 2. The van der Waals surface area contributed by atoms with E-state index in [0.717, 1.165) is 11.3 Å². The summed E-state index contributed by atoms with van der Waals surface area (Å²) >= 11 is 0. The van der Waals surface area contributed by atoms with Gasteiger partial charge in [-0.05, 0) is 52.3 Å². The minimum atomic E-state index is -0.996. The molecular weight excluding hydrogens is 240 g/mol. The second-order valence-corrected chi connectivity index (χ2v) is 6.37. The van der Waals surface area contributed by atoms with Crippen LogP contribution in [-0.2, 0) is 10.3 Å². The van der Waals surface area contributed by atoms with Crippen molar-refractivity contribution in [2.24, 2.45) is 0 Å². The third-order valence-corrected chi connectivity index (χ3v) is 3.83. The fourth-order valence-corrected chi connectivity index (χ4v) is 3.10. The maximum absolute atomic E-state index is 11.1. The van der Waals surface area contributed by atoms with Crippen LogP contribution in [0.4, 0.5) is 0 Å².